The Morgan fingerprint density at radius 2 is 1.93 bits per heavy atom. The van der Waals surface area contributed by atoms with Crippen molar-refractivity contribution in [2.75, 3.05) is 25.1 Å². The van der Waals surface area contributed by atoms with Crippen molar-refractivity contribution in [3.8, 4) is 0 Å². The van der Waals surface area contributed by atoms with Gasteiger partial charge in [-0.15, -0.1) is 0 Å². The summed E-state index contributed by atoms with van der Waals surface area (Å²) in [5.74, 6) is -1.23. The summed E-state index contributed by atoms with van der Waals surface area (Å²) in [5.41, 5.74) is 0.724. The summed E-state index contributed by atoms with van der Waals surface area (Å²) in [6.45, 7) is 4.35. The van der Waals surface area contributed by atoms with E-state index >= 15 is 0 Å². The van der Waals surface area contributed by atoms with Crippen molar-refractivity contribution < 1.29 is 19.2 Å². The number of nitrogens with one attached hydrogen (secondary N) is 2. The van der Waals surface area contributed by atoms with Gasteiger partial charge in [0, 0.05) is 37.2 Å². The van der Waals surface area contributed by atoms with E-state index in [4.69, 9.17) is 9.47 Å². The zero-order valence-electron chi connectivity index (χ0n) is 15.2. The standard InChI is InChI=1S/C18H22N4O5/c1-3-26-18(27-4-2,16-10-5-6-11-19-16)13-20-17(23)21-14-8-7-9-15(12-14)22(24)25/h5-12H,3-4,13H2,1-2H3,(H2,20,21,23). The molecule has 27 heavy (non-hydrogen) atoms. The van der Waals surface area contributed by atoms with E-state index in [-0.39, 0.29) is 12.2 Å². The van der Waals surface area contributed by atoms with E-state index in [0.29, 0.717) is 24.6 Å². The minimum Gasteiger partial charge on any atom is -0.344 e. The van der Waals surface area contributed by atoms with Gasteiger partial charge in [-0.1, -0.05) is 12.1 Å². The van der Waals surface area contributed by atoms with Gasteiger partial charge in [0.15, 0.2) is 0 Å². The number of nitrogens with zero attached hydrogens (tertiary/aromatic N) is 2. The Bertz CT molecular complexity index is 763. The molecule has 0 aliphatic rings. The quantitative estimate of drug-likeness (QED) is 0.396. The summed E-state index contributed by atoms with van der Waals surface area (Å²) in [6.07, 6.45) is 1.62. The van der Waals surface area contributed by atoms with Gasteiger partial charge >= 0.3 is 6.03 Å². The molecule has 0 aliphatic carbocycles. The molecule has 0 saturated carbocycles. The Balaban J connectivity index is 2.11. The van der Waals surface area contributed by atoms with Gasteiger partial charge in [-0.25, -0.2) is 4.79 Å². The monoisotopic (exact) mass is 374 g/mol. The molecule has 0 bridgehead atoms. The number of pyridine rings is 1. The molecular formula is C18H22N4O5. The van der Waals surface area contributed by atoms with Crippen molar-refractivity contribution >= 4 is 17.4 Å². The molecule has 9 nitrogen and oxygen atoms in total. The van der Waals surface area contributed by atoms with Crippen LogP contribution in [0.1, 0.15) is 19.5 Å². The van der Waals surface area contributed by atoms with E-state index in [9.17, 15) is 14.9 Å². The van der Waals surface area contributed by atoms with Crippen LogP contribution in [0.25, 0.3) is 0 Å². The molecule has 1 aromatic carbocycles. The van der Waals surface area contributed by atoms with Crippen molar-refractivity contribution in [2.45, 2.75) is 19.6 Å². The number of rotatable bonds is 9. The minimum absolute atomic E-state index is 0.00640. The Labute approximate surface area is 156 Å². The number of benzene rings is 1. The summed E-state index contributed by atoms with van der Waals surface area (Å²) >= 11 is 0. The third-order valence-electron chi connectivity index (χ3n) is 3.61. The predicted octanol–water partition coefficient (Wildman–Crippen LogP) is 3.04. The fraction of sp³-hybridized carbons (Fsp3) is 0.333. The van der Waals surface area contributed by atoms with Crippen molar-refractivity contribution in [3.63, 3.8) is 0 Å². The van der Waals surface area contributed by atoms with Crippen molar-refractivity contribution in [2.24, 2.45) is 0 Å². The molecule has 0 aliphatic heterocycles. The lowest BCUT2D eigenvalue weighted by Crippen LogP contribution is -2.46. The van der Waals surface area contributed by atoms with Gasteiger partial charge in [-0.3, -0.25) is 15.1 Å². The Hall–Kier alpha value is -3.04. The first kappa shape index (κ1) is 20.3. The summed E-state index contributed by atoms with van der Waals surface area (Å²) in [5, 5.41) is 16.1. The third-order valence-corrected chi connectivity index (χ3v) is 3.61. The van der Waals surface area contributed by atoms with E-state index in [0.717, 1.165) is 0 Å². The largest absolute Gasteiger partial charge is 0.344 e. The molecule has 2 aromatic rings. The average molecular weight is 374 g/mol. The lowest BCUT2D eigenvalue weighted by Gasteiger charge is -2.32. The topological polar surface area (TPSA) is 116 Å². The van der Waals surface area contributed by atoms with Gasteiger partial charge in [-0.2, -0.15) is 0 Å². The fourth-order valence-corrected chi connectivity index (χ4v) is 2.51. The van der Waals surface area contributed by atoms with E-state index in [1.165, 1.54) is 18.2 Å². The van der Waals surface area contributed by atoms with Gasteiger partial charge < -0.3 is 20.1 Å². The zero-order chi connectivity index (χ0) is 19.7. The second-order valence-electron chi connectivity index (χ2n) is 5.45. The number of nitro benzene ring substituents is 1. The molecule has 9 heteroatoms. The summed E-state index contributed by atoms with van der Waals surface area (Å²) in [6, 6.07) is 10.5. The summed E-state index contributed by atoms with van der Waals surface area (Å²) in [7, 11) is 0. The van der Waals surface area contributed by atoms with Crippen molar-refractivity contribution in [3.05, 3.63) is 64.5 Å². The zero-order valence-corrected chi connectivity index (χ0v) is 15.2. The van der Waals surface area contributed by atoms with Crippen LogP contribution in [-0.4, -0.2) is 35.7 Å². The van der Waals surface area contributed by atoms with Gasteiger partial charge in [0.2, 0.25) is 5.79 Å². The number of carbonyl (C=O) groups is 1. The normalized spacial score (nSPS) is 11.0. The van der Waals surface area contributed by atoms with E-state index < -0.39 is 16.7 Å². The Kier molecular flexibility index (Phi) is 7.21. The Morgan fingerprint density at radius 1 is 1.19 bits per heavy atom. The number of carbonyl (C=O) groups excluding carboxylic acids is 1. The lowest BCUT2D eigenvalue weighted by atomic mass is 10.1. The molecule has 1 heterocycles. The molecule has 1 aromatic heterocycles. The fourth-order valence-electron chi connectivity index (χ4n) is 2.51. The molecular weight excluding hydrogens is 352 g/mol. The first-order valence-electron chi connectivity index (χ1n) is 8.49. The molecule has 0 radical (unpaired) electrons. The first-order chi connectivity index (χ1) is 13.0. The van der Waals surface area contributed by atoms with Crippen LogP contribution in [0.5, 0.6) is 0 Å². The third kappa shape index (κ3) is 5.47. The van der Waals surface area contributed by atoms with Gasteiger partial charge in [-0.05, 0) is 32.0 Å². The van der Waals surface area contributed by atoms with Crippen LogP contribution in [0.15, 0.2) is 48.7 Å². The number of urea groups is 1. The predicted molar refractivity (Wildman–Crippen MR) is 99.3 cm³/mol. The SMILES string of the molecule is CCOC(CNC(=O)Nc1cccc([N+](=O)[O-])c1)(OCC)c1ccccn1. The molecule has 144 valence electrons. The van der Waals surface area contributed by atoms with Crippen LogP contribution in [0.3, 0.4) is 0 Å². The van der Waals surface area contributed by atoms with E-state index in [2.05, 4.69) is 15.6 Å². The maximum absolute atomic E-state index is 12.3. The number of aromatic nitrogens is 1. The molecule has 0 unspecified atom stereocenters. The van der Waals surface area contributed by atoms with Gasteiger partial charge in [0.25, 0.3) is 5.69 Å². The Morgan fingerprint density at radius 3 is 2.52 bits per heavy atom. The highest BCUT2D eigenvalue weighted by Gasteiger charge is 2.36. The maximum atomic E-state index is 12.3. The van der Waals surface area contributed by atoms with E-state index in [1.54, 1.807) is 30.5 Å². The molecule has 0 spiro atoms. The highest BCUT2D eigenvalue weighted by Crippen LogP contribution is 2.25. The molecule has 0 atom stereocenters. The molecule has 0 saturated heterocycles. The number of ether oxygens (including phenoxy) is 2. The first-order valence-corrected chi connectivity index (χ1v) is 8.49. The maximum Gasteiger partial charge on any atom is 0.319 e. The van der Waals surface area contributed by atoms with Crippen LogP contribution in [0.2, 0.25) is 0 Å². The minimum atomic E-state index is -1.23. The van der Waals surface area contributed by atoms with Crippen LogP contribution in [0.4, 0.5) is 16.2 Å². The van der Waals surface area contributed by atoms with Gasteiger partial charge in [0.05, 0.1) is 11.5 Å². The molecule has 2 amide bonds. The van der Waals surface area contributed by atoms with Crippen molar-refractivity contribution in [1.29, 1.82) is 0 Å². The second-order valence-corrected chi connectivity index (χ2v) is 5.45. The number of nitro groups is 1. The second kappa shape index (κ2) is 9.60. The molecule has 0 fully saturated rings. The summed E-state index contributed by atoms with van der Waals surface area (Å²) < 4.78 is 11.6. The number of non-ortho nitro benzene ring substituents is 1. The average Bonchev–Trinajstić information content (AvgIpc) is 2.67. The highest BCUT2D eigenvalue weighted by molar-refractivity contribution is 5.89. The van der Waals surface area contributed by atoms with Crippen LogP contribution >= 0.6 is 0 Å². The molecule has 2 N–H and O–H groups in total. The number of hydrogen-bond acceptors (Lipinski definition) is 6. The number of anilines is 1. The highest BCUT2D eigenvalue weighted by atomic mass is 16.7. The smallest absolute Gasteiger partial charge is 0.319 e. The van der Waals surface area contributed by atoms with Crippen molar-refractivity contribution in [1.82, 2.24) is 10.3 Å². The summed E-state index contributed by atoms with van der Waals surface area (Å²) in [4.78, 5) is 26.8. The van der Waals surface area contributed by atoms with Crippen LogP contribution in [-0.2, 0) is 15.3 Å². The molecule has 2 rings (SSSR count). The van der Waals surface area contributed by atoms with Crippen LogP contribution < -0.4 is 10.6 Å². The van der Waals surface area contributed by atoms with Gasteiger partial charge in [0.1, 0.15) is 5.69 Å². The van der Waals surface area contributed by atoms with E-state index in [1.807, 2.05) is 13.8 Å². The lowest BCUT2D eigenvalue weighted by molar-refractivity contribution is -0.384. The number of amides is 2. The number of hydrogen-bond donors (Lipinski definition) is 2. The van der Waals surface area contributed by atoms with Crippen LogP contribution in [0, 0.1) is 10.1 Å².